The van der Waals surface area contributed by atoms with Gasteiger partial charge in [0.25, 0.3) is 5.91 Å². The van der Waals surface area contributed by atoms with Gasteiger partial charge in [-0.15, -0.1) is 12.4 Å². The molecule has 0 N–H and O–H groups in total. The van der Waals surface area contributed by atoms with E-state index in [0.29, 0.717) is 17.2 Å². The van der Waals surface area contributed by atoms with Gasteiger partial charge in [0.15, 0.2) is 5.13 Å². The first kappa shape index (κ1) is 27.2. The molecule has 0 atom stereocenters. The lowest BCUT2D eigenvalue weighted by molar-refractivity contribution is 0.0983. The van der Waals surface area contributed by atoms with Crippen LogP contribution in [0.2, 0.25) is 0 Å². The van der Waals surface area contributed by atoms with Gasteiger partial charge >= 0.3 is 0 Å². The van der Waals surface area contributed by atoms with E-state index >= 15 is 0 Å². The van der Waals surface area contributed by atoms with Gasteiger partial charge in [-0.25, -0.2) is 17.7 Å². The quantitative estimate of drug-likeness (QED) is 0.430. The second kappa shape index (κ2) is 11.4. The molecule has 33 heavy (non-hydrogen) atoms. The van der Waals surface area contributed by atoms with Crippen LogP contribution in [-0.4, -0.2) is 68.8 Å². The molecule has 10 heteroatoms. The Morgan fingerprint density at radius 3 is 2.21 bits per heavy atom. The first-order chi connectivity index (χ1) is 15.2. The Balaban J connectivity index is 0.00000385. The third kappa shape index (κ3) is 6.10. The van der Waals surface area contributed by atoms with Crippen LogP contribution in [-0.2, 0) is 10.0 Å². The molecule has 3 rings (SSSR count). The van der Waals surface area contributed by atoms with Gasteiger partial charge in [-0.1, -0.05) is 31.3 Å². The number of carbonyl (C=O) groups is 1. The van der Waals surface area contributed by atoms with Crippen molar-refractivity contribution in [2.24, 2.45) is 0 Å². The van der Waals surface area contributed by atoms with Gasteiger partial charge in [0.1, 0.15) is 0 Å². The van der Waals surface area contributed by atoms with Gasteiger partial charge in [0.2, 0.25) is 10.0 Å². The van der Waals surface area contributed by atoms with Crippen LogP contribution in [0.25, 0.3) is 10.2 Å². The van der Waals surface area contributed by atoms with Crippen LogP contribution in [0.3, 0.4) is 0 Å². The van der Waals surface area contributed by atoms with Crippen molar-refractivity contribution in [1.29, 1.82) is 0 Å². The molecular weight excluding hydrogens is 480 g/mol. The first-order valence-corrected chi connectivity index (χ1v) is 12.9. The fraction of sp³-hybridized carbons (Fsp3) is 0.391. The predicted octanol–water partition coefficient (Wildman–Crippen LogP) is 4.27. The zero-order valence-electron chi connectivity index (χ0n) is 19.6. The number of aromatic nitrogens is 1. The number of anilines is 1. The second-order valence-electron chi connectivity index (χ2n) is 7.76. The van der Waals surface area contributed by atoms with Crippen LogP contribution in [0, 0.1) is 6.92 Å². The van der Waals surface area contributed by atoms with Crippen molar-refractivity contribution in [3.8, 4) is 0 Å². The SMILES string of the molecule is CCN(CC)CCN(C(=O)c1ccc(S(=O)(=O)N(C)C)cc1)c1nc2ccc(C)cc2s1.Cl. The summed E-state index contributed by atoms with van der Waals surface area (Å²) in [6.45, 7) is 9.24. The highest BCUT2D eigenvalue weighted by Gasteiger charge is 2.23. The maximum atomic E-state index is 13.5. The van der Waals surface area contributed by atoms with Crippen molar-refractivity contribution < 1.29 is 13.2 Å². The molecule has 0 fully saturated rings. The van der Waals surface area contributed by atoms with Gasteiger partial charge in [-0.2, -0.15) is 0 Å². The summed E-state index contributed by atoms with van der Waals surface area (Å²) < 4.78 is 26.9. The number of benzene rings is 2. The lowest BCUT2D eigenvalue weighted by Gasteiger charge is -2.24. The number of hydrogen-bond donors (Lipinski definition) is 0. The number of likely N-dealkylation sites (N-methyl/N-ethyl adjacent to an activating group) is 1. The van der Waals surface area contributed by atoms with Crippen LogP contribution in [0.1, 0.15) is 29.8 Å². The average molecular weight is 511 g/mol. The molecule has 7 nitrogen and oxygen atoms in total. The molecule has 0 spiro atoms. The Labute approximate surface area is 206 Å². The Kier molecular flexibility index (Phi) is 9.39. The molecule has 0 aliphatic rings. The molecule has 1 amide bonds. The van der Waals surface area contributed by atoms with Crippen molar-refractivity contribution >= 4 is 55.0 Å². The summed E-state index contributed by atoms with van der Waals surface area (Å²) in [5, 5.41) is 0.646. The van der Waals surface area contributed by atoms with Gasteiger partial charge in [-0.05, 0) is 62.0 Å². The highest BCUT2D eigenvalue weighted by atomic mass is 35.5. The maximum Gasteiger partial charge on any atom is 0.260 e. The Bertz CT molecular complexity index is 1190. The molecule has 2 aromatic carbocycles. The molecule has 0 aliphatic carbocycles. The van der Waals surface area contributed by atoms with E-state index in [1.807, 2.05) is 19.1 Å². The highest BCUT2D eigenvalue weighted by Crippen LogP contribution is 2.30. The fourth-order valence-corrected chi connectivity index (χ4v) is 5.33. The average Bonchev–Trinajstić information content (AvgIpc) is 3.19. The van der Waals surface area contributed by atoms with Crippen molar-refractivity contribution in [3.63, 3.8) is 0 Å². The monoisotopic (exact) mass is 510 g/mol. The van der Waals surface area contributed by atoms with E-state index in [4.69, 9.17) is 4.98 Å². The van der Waals surface area contributed by atoms with Gasteiger partial charge in [0, 0.05) is 32.7 Å². The summed E-state index contributed by atoms with van der Waals surface area (Å²) in [5.74, 6) is -0.193. The van der Waals surface area contributed by atoms with E-state index in [0.717, 1.165) is 39.7 Å². The van der Waals surface area contributed by atoms with Crippen LogP contribution < -0.4 is 4.90 Å². The smallest absolute Gasteiger partial charge is 0.260 e. The highest BCUT2D eigenvalue weighted by molar-refractivity contribution is 7.89. The second-order valence-corrected chi connectivity index (χ2v) is 10.9. The molecule has 180 valence electrons. The molecule has 0 saturated heterocycles. The number of rotatable bonds is 9. The Hall–Kier alpha value is -2.04. The number of nitrogens with zero attached hydrogens (tertiary/aromatic N) is 4. The summed E-state index contributed by atoms with van der Waals surface area (Å²) in [6.07, 6.45) is 0. The third-order valence-corrected chi connectivity index (χ3v) is 8.29. The van der Waals surface area contributed by atoms with Crippen LogP contribution in [0.5, 0.6) is 0 Å². The fourth-order valence-electron chi connectivity index (χ4n) is 3.34. The number of thiazole rings is 1. The van der Waals surface area contributed by atoms with E-state index in [-0.39, 0.29) is 23.2 Å². The van der Waals surface area contributed by atoms with Gasteiger partial charge < -0.3 is 4.90 Å². The molecule has 1 aromatic heterocycles. The number of carbonyl (C=O) groups excluding carboxylic acids is 1. The summed E-state index contributed by atoms with van der Waals surface area (Å²) in [6, 6.07) is 12.2. The number of hydrogen-bond acceptors (Lipinski definition) is 6. The van der Waals surface area contributed by atoms with E-state index in [2.05, 4.69) is 24.8 Å². The number of sulfonamides is 1. The van der Waals surface area contributed by atoms with E-state index in [9.17, 15) is 13.2 Å². The first-order valence-electron chi connectivity index (χ1n) is 10.6. The topological polar surface area (TPSA) is 73.8 Å². The summed E-state index contributed by atoms with van der Waals surface area (Å²) in [7, 11) is -0.581. The van der Waals surface area contributed by atoms with Crippen molar-refractivity contribution in [2.75, 3.05) is 45.2 Å². The third-order valence-electron chi connectivity index (χ3n) is 5.42. The van der Waals surface area contributed by atoms with Crippen molar-refractivity contribution in [1.82, 2.24) is 14.2 Å². The number of aryl methyl sites for hydroxylation is 1. The molecule has 0 saturated carbocycles. The zero-order valence-corrected chi connectivity index (χ0v) is 22.1. The lowest BCUT2D eigenvalue weighted by atomic mass is 10.2. The Morgan fingerprint density at radius 2 is 1.64 bits per heavy atom. The molecule has 0 radical (unpaired) electrons. The number of amides is 1. The molecule has 1 heterocycles. The van der Waals surface area contributed by atoms with Gasteiger partial charge in [-0.3, -0.25) is 9.69 Å². The minimum absolute atomic E-state index is 0. The lowest BCUT2D eigenvalue weighted by Crippen LogP contribution is -2.38. The van der Waals surface area contributed by atoms with E-state index in [1.165, 1.54) is 37.6 Å². The number of fused-ring (bicyclic) bond motifs is 1. The van der Waals surface area contributed by atoms with Crippen LogP contribution in [0.15, 0.2) is 47.4 Å². The standard InChI is InChI=1S/C23H30N4O3S2.ClH/c1-6-26(7-2)14-15-27(23-24-20-13-8-17(3)16-21(20)31-23)22(28)18-9-11-19(12-10-18)32(29,30)25(4)5;/h8-13,16H,6-7,14-15H2,1-5H3;1H. The largest absolute Gasteiger partial charge is 0.302 e. The molecule has 0 aliphatic heterocycles. The Morgan fingerprint density at radius 1 is 1.00 bits per heavy atom. The minimum Gasteiger partial charge on any atom is -0.302 e. The summed E-state index contributed by atoms with van der Waals surface area (Å²) >= 11 is 1.49. The summed E-state index contributed by atoms with van der Waals surface area (Å²) in [4.78, 5) is 22.3. The molecule has 0 unspecified atom stereocenters. The molecular formula is C23H31ClN4O3S2. The summed E-state index contributed by atoms with van der Waals surface area (Å²) in [5.41, 5.74) is 2.44. The van der Waals surface area contributed by atoms with Gasteiger partial charge in [0.05, 0.1) is 15.1 Å². The van der Waals surface area contributed by atoms with E-state index in [1.54, 1.807) is 17.0 Å². The van der Waals surface area contributed by atoms with Crippen LogP contribution in [0.4, 0.5) is 5.13 Å². The zero-order chi connectivity index (χ0) is 23.5. The molecule has 0 bridgehead atoms. The maximum absolute atomic E-state index is 13.5. The normalized spacial score (nSPS) is 11.7. The van der Waals surface area contributed by atoms with Crippen LogP contribution >= 0.6 is 23.7 Å². The van der Waals surface area contributed by atoms with Crippen molar-refractivity contribution in [3.05, 3.63) is 53.6 Å². The van der Waals surface area contributed by atoms with E-state index < -0.39 is 10.0 Å². The number of halogens is 1. The van der Waals surface area contributed by atoms with Crippen molar-refractivity contribution in [2.45, 2.75) is 25.7 Å². The predicted molar refractivity (Wildman–Crippen MR) is 138 cm³/mol. The molecule has 3 aromatic rings. The minimum atomic E-state index is -3.55.